The SMILES string of the molecule is COC(=O)CCC1=C(C)CC(S)C=C1. The summed E-state index contributed by atoms with van der Waals surface area (Å²) in [4.78, 5) is 10.9. The van der Waals surface area contributed by atoms with Crippen LogP contribution >= 0.6 is 12.6 Å². The fourth-order valence-corrected chi connectivity index (χ4v) is 1.88. The van der Waals surface area contributed by atoms with E-state index in [4.69, 9.17) is 0 Å². The lowest BCUT2D eigenvalue weighted by atomic mass is 9.95. The molecule has 14 heavy (non-hydrogen) atoms. The summed E-state index contributed by atoms with van der Waals surface area (Å²) < 4.78 is 4.60. The molecule has 1 rings (SSSR count). The Balaban J connectivity index is 2.49. The molecule has 1 atom stereocenters. The summed E-state index contributed by atoms with van der Waals surface area (Å²) in [5.41, 5.74) is 2.58. The lowest BCUT2D eigenvalue weighted by Gasteiger charge is -2.16. The molecule has 0 bridgehead atoms. The summed E-state index contributed by atoms with van der Waals surface area (Å²) in [6, 6.07) is 0. The number of rotatable bonds is 3. The van der Waals surface area contributed by atoms with Crippen molar-refractivity contribution in [3.05, 3.63) is 23.3 Å². The minimum atomic E-state index is -0.147. The molecular weight excluding hydrogens is 196 g/mol. The van der Waals surface area contributed by atoms with E-state index in [2.05, 4.69) is 36.4 Å². The molecule has 3 heteroatoms. The molecule has 0 aliphatic heterocycles. The molecule has 0 heterocycles. The van der Waals surface area contributed by atoms with Gasteiger partial charge in [0.2, 0.25) is 0 Å². The molecule has 0 spiro atoms. The van der Waals surface area contributed by atoms with E-state index < -0.39 is 0 Å². The van der Waals surface area contributed by atoms with Gasteiger partial charge in [0.05, 0.1) is 7.11 Å². The Hall–Kier alpha value is -0.700. The van der Waals surface area contributed by atoms with Gasteiger partial charge < -0.3 is 4.74 Å². The van der Waals surface area contributed by atoms with E-state index in [0.717, 1.165) is 12.8 Å². The smallest absolute Gasteiger partial charge is 0.305 e. The monoisotopic (exact) mass is 212 g/mol. The van der Waals surface area contributed by atoms with Crippen LogP contribution in [0.1, 0.15) is 26.2 Å². The first-order valence-electron chi connectivity index (χ1n) is 4.75. The first-order chi connectivity index (χ1) is 6.63. The van der Waals surface area contributed by atoms with Gasteiger partial charge in [0.25, 0.3) is 0 Å². The Morgan fingerprint density at radius 1 is 1.71 bits per heavy atom. The fourth-order valence-electron chi connectivity index (χ4n) is 1.52. The van der Waals surface area contributed by atoms with Gasteiger partial charge in [-0.2, -0.15) is 12.6 Å². The number of allylic oxidation sites excluding steroid dienone is 3. The van der Waals surface area contributed by atoms with Crippen molar-refractivity contribution in [3.8, 4) is 0 Å². The van der Waals surface area contributed by atoms with Crippen LogP contribution in [0.4, 0.5) is 0 Å². The van der Waals surface area contributed by atoms with Gasteiger partial charge >= 0.3 is 5.97 Å². The summed E-state index contributed by atoms with van der Waals surface area (Å²) in [6.45, 7) is 2.10. The number of esters is 1. The van der Waals surface area contributed by atoms with Gasteiger partial charge in [-0.3, -0.25) is 4.79 Å². The van der Waals surface area contributed by atoms with Crippen LogP contribution in [0.5, 0.6) is 0 Å². The van der Waals surface area contributed by atoms with Crippen molar-refractivity contribution < 1.29 is 9.53 Å². The maximum atomic E-state index is 10.9. The second-order valence-corrected chi connectivity index (χ2v) is 4.18. The maximum Gasteiger partial charge on any atom is 0.305 e. The summed E-state index contributed by atoms with van der Waals surface area (Å²) in [5, 5.41) is 0.330. The zero-order chi connectivity index (χ0) is 10.6. The van der Waals surface area contributed by atoms with E-state index in [1.54, 1.807) is 0 Å². The molecule has 0 aromatic rings. The molecule has 0 aromatic heterocycles. The van der Waals surface area contributed by atoms with Gasteiger partial charge in [-0.15, -0.1) is 0 Å². The average Bonchev–Trinajstić information content (AvgIpc) is 2.16. The topological polar surface area (TPSA) is 26.3 Å². The van der Waals surface area contributed by atoms with E-state index in [0.29, 0.717) is 11.7 Å². The first-order valence-corrected chi connectivity index (χ1v) is 5.27. The van der Waals surface area contributed by atoms with Crippen LogP contribution in [0, 0.1) is 0 Å². The van der Waals surface area contributed by atoms with E-state index in [1.807, 2.05) is 0 Å². The quantitative estimate of drug-likeness (QED) is 0.574. The number of methoxy groups -OCH3 is 1. The van der Waals surface area contributed by atoms with E-state index in [9.17, 15) is 4.79 Å². The van der Waals surface area contributed by atoms with Gasteiger partial charge in [0, 0.05) is 11.7 Å². The number of carbonyl (C=O) groups is 1. The second kappa shape index (κ2) is 5.25. The Labute approximate surface area is 90.4 Å². The largest absolute Gasteiger partial charge is 0.469 e. The van der Waals surface area contributed by atoms with Crippen molar-refractivity contribution in [3.63, 3.8) is 0 Å². The van der Waals surface area contributed by atoms with Crippen molar-refractivity contribution in [1.82, 2.24) is 0 Å². The number of hydrogen-bond donors (Lipinski definition) is 1. The van der Waals surface area contributed by atoms with Crippen LogP contribution in [0.25, 0.3) is 0 Å². The highest BCUT2D eigenvalue weighted by atomic mass is 32.1. The van der Waals surface area contributed by atoms with Crippen LogP contribution in [-0.2, 0) is 9.53 Å². The van der Waals surface area contributed by atoms with Crippen molar-refractivity contribution in [2.24, 2.45) is 0 Å². The number of carbonyl (C=O) groups excluding carboxylic acids is 1. The second-order valence-electron chi connectivity index (χ2n) is 3.51. The molecule has 0 fully saturated rings. The minimum absolute atomic E-state index is 0.147. The summed E-state index contributed by atoms with van der Waals surface area (Å²) in [7, 11) is 1.42. The molecule has 1 unspecified atom stereocenters. The molecule has 2 nitrogen and oxygen atoms in total. The third kappa shape index (κ3) is 3.22. The standard InChI is InChI=1S/C11H16O2S/c1-8-7-10(14)5-3-9(8)4-6-11(12)13-2/h3,5,10,14H,4,6-7H2,1-2H3. The van der Waals surface area contributed by atoms with Gasteiger partial charge in [-0.25, -0.2) is 0 Å². The highest BCUT2D eigenvalue weighted by Crippen LogP contribution is 2.24. The van der Waals surface area contributed by atoms with Gasteiger partial charge in [-0.1, -0.05) is 17.7 Å². The fraction of sp³-hybridized carbons (Fsp3) is 0.545. The summed E-state index contributed by atoms with van der Waals surface area (Å²) in [6.07, 6.45) is 6.36. The van der Waals surface area contributed by atoms with Crippen molar-refractivity contribution in [2.75, 3.05) is 7.11 Å². The molecule has 0 saturated carbocycles. The predicted octanol–water partition coefficient (Wildman–Crippen LogP) is 2.51. The van der Waals surface area contributed by atoms with Gasteiger partial charge in [-0.05, 0) is 25.3 Å². The molecule has 0 saturated heterocycles. The Bertz CT molecular complexity index is 279. The number of ether oxygens (including phenoxy) is 1. The van der Waals surface area contributed by atoms with Crippen molar-refractivity contribution in [1.29, 1.82) is 0 Å². The van der Waals surface area contributed by atoms with E-state index in [1.165, 1.54) is 18.3 Å². The molecule has 0 amide bonds. The molecule has 0 radical (unpaired) electrons. The number of thiol groups is 1. The lowest BCUT2D eigenvalue weighted by molar-refractivity contribution is -0.140. The molecule has 78 valence electrons. The van der Waals surface area contributed by atoms with Crippen LogP contribution in [-0.4, -0.2) is 18.3 Å². The zero-order valence-electron chi connectivity index (χ0n) is 8.62. The maximum absolute atomic E-state index is 10.9. The third-order valence-corrected chi connectivity index (χ3v) is 2.76. The minimum Gasteiger partial charge on any atom is -0.469 e. The van der Waals surface area contributed by atoms with Crippen molar-refractivity contribution >= 4 is 18.6 Å². The Kier molecular flexibility index (Phi) is 4.26. The van der Waals surface area contributed by atoms with E-state index in [-0.39, 0.29) is 5.97 Å². The Morgan fingerprint density at radius 3 is 3.00 bits per heavy atom. The molecule has 0 N–H and O–H groups in total. The molecular formula is C11H16O2S. The molecule has 0 aromatic carbocycles. The van der Waals surface area contributed by atoms with Crippen LogP contribution in [0.2, 0.25) is 0 Å². The zero-order valence-corrected chi connectivity index (χ0v) is 9.51. The van der Waals surface area contributed by atoms with Gasteiger partial charge in [0.1, 0.15) is 0 Å². The van der Waals surface area contributed by atoms with Crippen molar-refractivity contribution in [2.45, 2.75) is 31.4 Å². The summed E-state index contributed by atoms with van der Waals surface area (Å²) in [5.74, 6) is -0.147. The Morgan fingerprint density at radius 2 is 2.43 bits per heavy atom. The highest BCUT2D eigenvalue weighted by molar-refractivity contribution is 7.81. The molecule has 1 aliphatic rings. The third-order valence-electron chi connectivity index (χ3n) is 2.41. The predicted molar refractivity (Wildman–Crippen MR) is 60.5 cm³/mol. The lowest BCUT2D eigenvalue weighted by Crippen LogP contribution is -2.05. The average molecular weight is 212 g/mol. The van der Waals surface area contributed by atoms with Crippen LogP contribution in [0.15, 0.2) is 23.3 Å². The normalized spacial score (nSPS) is 21.2. The van der Waals surface area contributed by atoms with Crippen LogP contribution < -0.4 is 0 Å². The van der Waals surface area contributed by atoms with Gasteiger partial charge in [0.15, 0.2) is 0 Å². The van der Waals surface area contributed by atoms with Crippen LogP contribution in [0.3, 0.4) is 0 Å². The molecule has 1 aliphatic carbocycles. The summed E-state index contributed by atoms with van der Waals surface area (Å²) >= 11 is 4.38. The highest BCUT2D eigenvalue weighted by Gasteiger charge is 2.11. The van der Waals surface area contributed by atoms with E-state index >= 15 is 0 Å². The number of hydrogen-bond acceptors (Lipinski definition) is 3. The first kappa shape index (κ1) is 11.4.